The second-order valence-electron chi connectivity index (χ2n) is 9.10. The number of para-hydroxylation sites is 1. The number of pyridine rings is 1. The van der Waals surface area contributed by atoms with Gasteiger partial charge in [0.05, 0.1) is 5.69 Å². The number of likely N-dealkylation sites (N-methyl/N-ethyl adjacent to an activating group) is 1. The van der Waals surface area contributed by atoms with E-state index in [2.05, 4.69) is 27.0 Å². The van der Waals surface area contributed by atoms with E-state index in [-0.39, 0.29) is 11.7 Å². The summed E-state index contributed by atoms with van der Waals surface area (Å²) in [5.41, 5.74) is 1.38. The molecule has 1 aromatic carbocycles. The first-order valence-corrected chi connectivity index (χ1v) is 11.9. The Kier molecular flexibility index (Phi) is 7.51. The quantitative estimate of drug-likeness (QED) is 0.694. The van der Waals surface area contributed by atoms with Gasteiger partial charge in [-0.05, 0) is 76.3 Å². The Labute approximate surface area is 185 Å². The molecule has 0 saturated carbocycles. The lowest BCUT2D eigenvalue weighted by Gasteiger charge is -2.31. The fourth-order valence-corrected chi connectivity index (χ4v) is 5.10. The maximum atomic E-state index is 14.0. The number of hydrogen-bond donors (Lipinski definition) is 1. The molecule has 168 valence electrons. The van der Waals surface area contributed by atoms with Crippen LogP contribution in [0.2, 0.25) is 0 Å². The summed E-state index contributed by atoms with van der Waals surface area (Å²) in [4.78, 5) is 21.7. The summed E-state index contributed by atoms with van der Waals surface area (Å²) in [6.45, 7) is 8.01. The van der Waals surface area contributed by atoms with Crippen molar-refractivity contribution in [2.75, 3.05) is 32.7 Å². The predicted molar refractivity (Wildman–Crippen MR) is 122 cm³/mol. The zero-order chi connectivity index (χ0) is 21.6. The summed E-state index contributed by atoms with van der Waals surface area (Å²) < 4.78 is 14.0. The van der Waals surface area contributed by atoms with Crippen molar-refractivity contribution in [3.8, 4) is 0 Å². The van der Waals surface area contributed by atoms with Gasteiger partial charge in [-0.1, -0.05) is 25.1 Å². The van der Waals surface area contributed by atoms with Crippen molar-refractivity contribution in [1.29, 1.82) is 0 Å². The molecule has 2 aliphatic heterocycles. The van der Waals surface area contributed by atoms with Crippen molar-refractivity contribution < 1.29 is 9.18 Å². The van der Waals surface area contributed by atoms with Gasteiger partial charge in [-0.2, -0.15) is 0 Å². The standard InChI is InChI=1S/C25H35FN4O/c1-2-30-14-4-6-22(30)17-27-24(31)11-8-19-12-15-29(16-13-19)18-21-10-9-20-5-3-7-23(26)25(20)28-21/h3,5,7,9-10,19,22H,2,4,6,8,11-18H2,1H3,(H,27,31). The van der Waals surface area contributed by atoms with Crippen LogP contribution in [0.25, 0.3) is 10.9 Å². The number of hydrogen-bond acceptors (Lipinski definition) is 4. The number of fused-ring (bicyclic) bond motifs is 1. The summed E-state index contributed by atoms with van der Waals surface area (Å²) in [7, 11) is 0. The number of carbonyl (C=O) groups excluding carboxylic acids is 1. The molecule has 0 aliphatic carbocycles. The number of aromatic nitrogens is 1. The van der Waals surface area contributed by atoms with E-state index < -0.39 is 0 Å². The molecule has 1 N–H and O–H groups in total. The van der Waals surface area contributed by atoms with E-state index >= 15 is 0 Å². The number of halogens is 1. The first kappa shape index (κ1) is 22.2. The molecule has 2 aromatic rings. The monoisotopic (exact) mass is 426 g/mol. The molecule has 1 atom stereocenters. The third kappa shape index (κ3) is 5.80. The third-order valence-electron chi connectivity index (χ3n) is 7.04. The van der Waals surface area contributed by atoms with Gasteiger partial charge in [0.25, 0.3) is 0 Å². The van der Waals surface area contributed by atoms with Crippen molar-refractivity contribution >= 4 is 16.8 Å². The lowest BCUT2D eigenvalue weighted by Crippen LogP contribution is -2.40. The fraction of sp³-hybridized carbons (Fsp3) is 0.600. The van der Waals surface area contributed by atoms with Crippen LogP contribution in [0.15, 0.2) is 30.3 Å². The van der Waals surface area contributed by atoms with Crippen LogP contribution >= 0.6 is 0 Å². The highest BCUT2D eigenvalue weighted by Crippen LogP contribution is 2.24. The molecule has 6 heteroatoms. The van der Waals surface area contributed by atoms with Crippen molar-refractivity contribution in [3.63, 3.8) is 0 Å². The molecule has 3 heterocycles. The largest absolute Gasteiger partial charge is 0.355 e. The molecule has 2 saturated heterocycles. The predicted octanol–water partition coefficient (Wildman–Crippen LogP) is 3.97. The Morgan fingerprint density at radius 2 is 2.00 bits per heavy atom. The average molecular weight is 427 g/mol. The molecule has 4 rings (SSSR count). The van der Waals surface area contributed by atoms with Gasteiger partial charge in [-0.25, -0.2) is 9.37 Å². The summed E-state index contributed by atoms with van der Waals surface area (Å²) in [6, 6.07) is 9.56. The van der Waals surface area contributed by atoms with Crippen molar-refractivity contribution in [1.82, 2.24) is 20.1 Å². The van der Waals surface area contributed by atoms with E-state index in [4.69, 9.17) is 0 Å². The van der Waals surface area contributed by atoms with E-state index in [9.17, 15) is 9.18 Å². The Morgan fingerprint density at radius 3 is 2.81 bits per heavy atom. The number of benzene rings is 1. The second kappa shape index (κ2) is 10.5. The maximum Gasteiger partial charge on any atom is 0.220 e. The van der Waals surface area contributed by atoms with Crippen molar-refractivity contribution in [3.05, 3.63) is 41.8 Å². The Bertz CT molecular complexity index is 881. The molecule has 5 nitrogen and oxygen atoms in total. The molecule has 1 amide bonds. The molecule has 0 radical (unpaired) electrons. The van der Waals surface area contributed by atoms with Crippen LogP contribution in [0.5, 0.6) is 0 Å². The molecule has 1 aromatic heterocycles. The molecule has 2 aliphatic rings. The van der Waals surface area contributed by atoms with Gasteiger partial charge in [-0.15, -0.1) is 0 Å². The number of nitrogens with one attached hydrogen (secondary N) is 1. The maximum absolute atomic E-state index is 14.0. The number of carbonyl (C=O) groups is 1. The minimum atomic E-state index is -0.258. The number of amides is 1. The van der Waals surface area contributed by atoms with E-state index in [0.717, 1.165) is 63.1 Å². The zero-order valence-electron chi connectivity index (χ0n) is 18.7. The Morgan fingerprint density at radius 1 is 1.16 bits per heavy atom. The van der Waals surface area contributed by atoms with Gasteiger partial charge < -0.3 is 5.32 Å². The molecule has 0 spiro atoms. The minimum Gasteiger partial charge on any atom is -0.355 e. The summed E-state index contributed by atoms with van der Waals surface area (Å²) in [6.07, 6.45) is 6.28. The normalized spacial score (nSPS) is 21.0. The van der Waals surface area contributed by atoms with Crippen LogP contribution in [0, 0.1) is 11.7 Å². The summed E-state index contributed by atoms with van der Waals surface area (Å²) >= 11 is 0. The van der Waals surface area contributed by atoms with Gasteiger partial charge in [0.1, 0.15) is 11.3 Å². The number of likely N-dealkylation sites (tertiary alicyclic amines) is 2. The highest BCUT2D eigenvalue weighted by Gasteiger charge is 2.24. The third-order valence-corrected chi connectivity index (χ3v) is 7.04. The Balaban J connectivity index is 1.17. The topological polar surface area (TPSA) is 48.5 Å². The van der Waals surface area contributed by atoms with Crippen LogP contribution < -0.4 is 5.32 Å². The van der Waals surface area contributed by atoms with Crippen molar-refractivity contribution in [2.45, 2.75) is 58.0 Å². The lowest BCUT2D eigenvalue weighted by atomic mass is 9.92. The number of rotatable bonds is 8. The first-order chi connectivity index (χ1) is 15.1. The molecule has 1 unspecified atom stereocenters. The van der Waals surface area contributed by atoms with Crippen LogP contribution in [-0.2, 0) is 11.3 Å². The zero-order valence-corrected chi connectivity index (χ0v) is 18.7. The average Bonchev–Trinajstić information content (AvgIpc) is 3.25. The highest BCUT2D eigenvalue weighted by atomic mass is 19.1. The molecule has 2 fully saturated rings. The SMILES string of the molecule is CCN1CCCC1CNC(=O)CCC1CCN(Cc2ccc3cccc(F)c3n2)CC1. The van der Waals surface area contributed by atoms with Gasteiger partial charge >= 0.3 is 0 Å². The van der Waals surface area contributed by atoms with Gasteiger partial charge in [0.2, 0.25) is 5.91 Å². The van der Waals surface area contributed by atoms with Gasteiger partial charge in [0, 0.05) is 30.9 Å². The van der Waals surface area contributed by atoms with Gasteiger partial charge in [-0.3, -0.25) is 14.6 Å². The van der Waals surface area contributed by atoms with Crippen LogP contribution in [0.3, 0.4) is 0 Å². The fourth-order valence-electron chi connectivity index (χ4n) is 5.10. The number of nitrogens with zero attached hydrogens (tertiary/aromatic N) is 3. The van der Waals surface area contributed by atoms with Crippen molar-refractivity contribution in [2.24, 2.45) is 5.92 Å². The smallest absolute Gasteiger partial charge is 0.220 e. The molecular formula is C25H35FN4O. The second-order valence-corrected chi connectivity index (χ2v) is 9.10. The van der Waals surface area contributed by atoms with E-state index in [1.807, 2.05) is 18.2 Å². The van der Waals surface area contributed by atoms with Crippen LogP contribution in [-0.4, -0.2) is 59.5 Å². The van der Waals surface area contributed by atoms with Crippen LogP contribution in [0.1, 0.15) is 51.1 Å². The summed E-state index contributed by atoms with van der Waals surface area (Å²) in [5.74, 6) is 0.557. The van der Waals surface area contributed by atoms with E-state index in [1.165, 1.54) is 25.5 Å². The molecular weight excluding hydrogens is 391 g/mol. The van der Waals surface area contributed by atoms with Crippen LogP contribution in [0.4, 0.5) is 4.39 Å². The molecule has 0 bridgehead atoms. The highest BCUT2D eigenvalue weighted by molar-refractivity contribution is 5.79. The Hall–Kier alpha value is -2.05. The lowest BCUT2D eigenvalue weighted by molar-refractivity contribution is -0.121. The number of piperidine rings is 1. The van der Waals surface area contributed by atoms with E-state index in [1.54, 1.807) is 6.07 Å². The molecule has 31 heavy (non-hydrogen) atoms. The van der Waals surface area contributed by atoms with E-state index in [0.29, 0.717) is 23.9 Å². The van der Waals surface area contributed by atoms with Gasteiger partial charge in [0.15, 0.2) is 0 Å². The minimum absolute atomic E-state index is 0.202. The summed E-state index contributed by atoms with van der Waals surface area (Å²) in [5, 5.41) is 4.00. The first-order valence-electron chi connectivity index (χ1n) is 11.9.